The summed E-state index contributed by atoms with van der Waals surface area (Å²) in [5, 5.41) is 13.2. The molecule has 4 rings (SSSR count). The number of phenols is 1. The van der Waals surface area contributed by atoms with E-state index in [1.807, 2.05) is 30.3 Å². The molecule has 0 radical (unpaired) electrons. The van der Waals surface area contributed by atoms with Crippen LogP contribution in [0.4, 0.5) is 5.69 Å². The maximum absolute atomic E-state index is 12.1. The first-order valence-electron chi connectivity index (χ1n) is 9.62. The number of amides is 1. The number of fused-ring (bicyclic) bond motifs is 1. The Balaban J connectivity index is 1.38. The van der Waals surface area contributed by atoms with Crippen LogP contribution in [-0.2, 0) is 9.53 Å². The molecule has 0 bridgehead atoms. The average Bonchev–Trinajstić information content (AvgIpc) is 3.41. The predicted octanol–water partition coefficient (Wildman–Crippen LogP) is 5.35. The number of nitrogens with one attached hydrogen (secondary N) is 1. The molecule has 1 aliphatic heterocycles. The summed E-state index contributed by atoms with van der Waals surface area (Å²) < 4.78 is 9.23. The van der Waals surface area contributed by atoms with Crippen LogP contribution in [0.5, 0.6) is 5.75 Å². The van der Waals surface area contributed by atoms with Gasteiger partial charge < -0.3 is 15.2 Å². The fraction of sp³-hybridized carbons (Fsp3) is 0.286. The second kappa shape index (κ2) is 10.8. The quantitative estimate of drug-likeness (QED) is 0.200. The van der Waals surface area contributed by atoms with E-state index in [-0.39, 0.29) is 17.8 Å². The molecule has 0 spiro atoms. The molecule has 1 aromatic heterocycles. The van der Waals surface area contributed by atoms with Gasteiger partial charge in [-0.15, -0.1) is 11.3 Å². The Kier molecular flexibility index (Phi) is 8.06. The average molecular weight is 679 g/mol. The molecule has 1 aliphatic rings. The summed E-state index contributed by atoms with van der Waals surface area (Å²) in [6.07, 6.45) is 3.91. The van der Waals surface area contributed by atoms with Crippen molar-refractivity contribution in [3.8, 4) is 5.75 Å². The zero-order chi connectivity index (χ0) is 21.8. The normalized spacial score (nSPS) is 16.4. The van der Waals surface area contributed by atoms with Crippen molar-refractivity contribution in [3.63, 3.8) is 0 Å². The molecule has 1 atom stereocenters. The van der Waals surface area contributed by atoms with Gasteiger partial charge in [0.05, 0.1) is 31.3 Å². The van der Waals surface area contributed by atoms with Crippen LogP contribution >= 0.6 is 68.3 Å². The first-order chi connectivity index (χ1) is 15.0. The topological polar surface area (TPSA) is 83.8 Å². The van der Waals surface area contributed by atoms with Crippen molar-refractivity contribution < 1.29 is 14.6 Å². The van der Waals surface area contributed by atoms with Gasteiger partial charge in [-0.1, -0.05) is 11.8 Å². The molecule has 3 aromatic rings. The summed E-state index contributed by atoms with van der Waals surface area (Å²) in [5.41, 5.74) is 2.36. The highest BCUT2D eigenvalue weighted by atomic mass is 127. The molecule has 6 nitrogen and oxygen atoms in total. The number of aliphatic imine (C=N–C) groups is 1. The lowest BCUT2D eigenvalue weighted by Gasteiger charge is -2.09. The number of hydrogen-bond acceptors (Lipinski definition) is 7. The highest BCUT2D eigenvalue weighted by molar-refractivity contribution is 14.1. The van der Waals surface area contributed by atoms with Gasteiger partial charge in [0, 0.05) is 28.5 Å². The number of carbonyl (C=O) groups is 1. The summed E-state index contributed by atoms with van der Waals surface area (Å²) in [6.45, 7) is 1.37. The number of aromatic nitrogens is 1. The van der Waals surface area contributed by atoms with Crippen molar-refractivity contribution in [2.24, 2.45) is 4.99 Å². The molecule has 31 heavy (non-hydrogen) atoms. The lowest BCUT2D eigenvalue weighted by Crippen LogP contribution is -2.32. The minimum absolute atomic E-state index is 0.00280. The molecule has 162 valence electrons. The second-order valence-corrected chi connectivity index (χ2v) is 11.6. The van der Waals surface area contributed by atoms with Crippen LogP contribution in [0.25, 0.3) is 10.2 Å². The van der Waals surface area contributed by atoms with E-state index in [0.29, 0.717) is 17.9 Å². The van der Waals surface area contributed by atoms with Crippen LogP contribution in [0.15, 0.2) is 39.7 Å². The van der Waals surface area contributed by atoms with Gasteiger partial charge in [-0.3, -0.25) is 9.79 Å². The lowest BCUT2D eigenvalue weighted by atomic mass is 10.2. The third-order valence-corrected chi connectivity index (χ3v) is 8.25. The Morgan fingerprint density at radius 3 is 3.06 bits per heavy atom. The van der Waals surface area contributed by atoms with Gasteiger partial charge in [-0.05, 0) is 88.4 Å². The molecule has 2 N–H and O–H groups in total. The van der Waals surface area contributed by atoms with E-state index >= 15 is 0 Å². The van der Waals surface area contributed by atoms with E-state index in [1.54, 1.807) is 17.6 Å². The monoisotopic (exact) mass is 679 g/mol. The Bertz CT molecular complexity index is 1130. The number of thiazole rings is 1. The molecule has 0 saturated carbocycles. The largest absolute Gasteiger partial charge is 0.506 e. The van der Waals surface area contributed by atoms with Gasteiger partial charge in [0.1, 0.15) is 5.75 Å². The lowest BCUT2D eigenvalue weighted by molar-refractivity contribution is -0.119. The molecule has 0 unspecified atom stereocenters. The Labute approximate surface area is 215 Å². The number of phenolic OH excluding ortho intramolecular Hbond substituents is 1. The molecule has 1 fully saturated rings. The Hall–Kier alpha value is -0.960. The van der Waals surface area contributed by atoms with E-state index in [0.717, 1.165) is 46.8 Å². The van der Waals surface area contributed by atoms with Gasteiger partial charge in [0.2, 0.25) is 5.91 Å². The number of halogens is 2. The van der Waals surface area contributed by atoms with E-state index < -0.39 is 0 Å². The highest BCUT2D eigenvalue weighted by Gasteiger charge is 2.16. The molecule has 10 heteroatoms. The van der Waals surface area contributed by atoms with Crippen LogP contribution in [-0.4, -0.2) is 47.2 Å². The van der Waals surface area contributed by atoms with E-state index in [1.165, 1.54) is 11.8 Å². The van der Waals surface area contributed by atoms with Crippen molar-refractivity contribution in [3.05, 3.63) is 43.0 Å². The SMILES string of the molecule is O=C(CSc1nc2ccc(N=Cc3cc(I)cc(I)c3O)cc2s1)NC[C@@H]1CCCO1. The zero-order valence-corrected chi connectivity index (χ0v) is 22.3. The summed E-state index contributed by atoms with van der Waals surface area (Å²) >= 11 is 7.32. The number of benzene rings is 2. The summed E-state index contributed by atoms with van der Waals surface area (Å²) in [7, 11) is 0. The summed E-state index contributed by atoms with van der Waals surface area (Å²) in [6, 6.07) is 9.61. The summed E-state index contributed by atoms with van der Waals surface area (Å²) in [4.78, 5) is 21.2. The molecular formula is C21H19I2N3O3S2. The number of rotatable bonds is 7. The first-order valence-corrected chi connectivity index (χ1v) is 13.6. The molecule has 1 saturated heterocycles. The molecular weight excluding hydrogens is 660 g/mol. The second-order valence-electron chi connectivity index (χ2n) is 6.94. The van der Waals surface area contributed by atoms with Crippen molar-refractivity contribution in [2.45, 2.75) is 23.3 Å². The number of thioether (sulfide) groups is 1. The van der Waals surface area contributed by atoms with E-state index in [4.69, 9.17) is 4.74 Å². The predicted molar refractivity (Wildman–Crippen MR) is 143 cm³/mol. The Morgan fingerprint density at radius 2 is 2.26 bits per heavy atom. The molecule has 0 aliphatic carbocycles. The number of nitrogens with zero attached hydrogens (tertiary/aromatic N) is 2. The molecule has 2 aromatic carbocycles. The van der Waals surface area contributed by atoms with E-state index in [9.17, 15) is 9.90 Å². The standard InChI is InChI=1S/C21H19I2N3O3S2/c22-13-6-12(20(28)16(23)7-13)9-24-14-3-4-17-18(8-14)31-21(26-17)30-11-19(27)25-10-15-2-1-5-29-15/h3-4,6-9,15,28H,1-2,5,10-11H2,(H,25,27)/t15-/m0/s1. The molecule has 2 heterocycles. The van der Waals surface area contributed by atoms with Crippen molar-refractivity contribution >= 4 is 96.3 Å². The zero-order valence-electron chi connectivity index (χ0n) is 16.3. The maximum Gasteiger partial charge on any atom is 0.230 e. The number of ether oxygens (including phenoxy) is 1. The van der Waals surface area contributed by atoms with Gasteiger partial charge in [0.25, 0.3) is 0 Å². The van der Waals surface area contributed by atoms with Crippen molar-refractivity contribution in [1.29, 1.82) is 0 Å². The minimum atomic E-state index is -0.00280. The summed E-state index contributed by atoms with van der Waals surface area (Å²) in [5.74, 6) is 0.569. The number of aromatic hydroxyl groups is 1. The van der Waals surface area contributed by atoms with Crippen LogP contribution in [0, 0.1) is 7.14 Å². The fourth-order valence-corrected chi connectivity index (χ4v) is 6.89. The maximum atomic E-state index is 12.1. The highest BCUT2D eigenvalue weighted by Crippen LogP contribution is 2.32. The number of hydrogen-bond donors (Lipinski definition) is 2. The minimum Gasteiger partial charge on any atom is -0.506 e. The van der Waals surface area contributed by atoms with Gasteiger partial charge in [0.15, 0.2) is 4.34 Å². The number of carbonyl (C=O) groups excluding carboxylic acids is 1. The van der Waals surface area contributed by atoms with Crippen LogP contribution in [0.3, 0.4) is 0 Å². The Morgan fingerprint density at radius 1 is 1.39 bits per heavy atom. The van der Waals surface area contributed by atoms with Gasteiger partial charge >= 0.3 is 0 Å². The third-order valence-electron chi connectivity index (χ3n) is 4.64. The van der Waals surface area contributed by atoms with Crippen LogP contribution in [0.2, 0.25) is 0 Å². The van der Waals surface area contributed by atoms with Crippen molar-refractivity contribution in [2.75, 3.05) is 18.9 Å². The van der Waals surface area contributed by atoms with Gasteiger partial charge in [-0.25, -0.2) is 4.98 Å². The van der Waals surface area contributed by atoms with Gasteiger partial charge in [-0.2, -0.15) is 0 Å². The molecule has 1 amide bonds. The third kappa shape index (κ3) is 6.30. The van der Waals surface area contributed by atoms with E-state index in [2.05, 4.69) is 60.5 Å². The fourth-order valence-electron chi connectivity index (χ4n) is 3.07. The van der Waals surface area contributed by atoms with Crippen LogP contribution < -0.4 is 5.32 Å². The van der Waals surface area contributed by atoms with Crippen LogP contribution in [0.1, 0.15) is 18.4 Å². The smallest absolute Gasteiger partial charge is 0.230 e. The van der Waals surface area contributed by atoms with Crippen molar-refractivity contribution in [1.82, 2.24) is 10.3 Å². The first kappa shape index (κ1) is 23.2.